The minimum absolute atomic E-state index is 0.00534. The van der Waals surface area contributed by atoms with E-state index < -0.39 is 4.92 Å². The van der Waals surface area contributed by atoms with Gasteiger partial charge in [-0.25, -0.2) is 4.79 Å². The van der Waals surface area contributed by atoms with Gasteiger partial charge in [-0.3, -0.25) is 15.0 Å². The molecule has 1 fully saturated rings. The molecule has 0 aliphatic carbocycles. The van der Waals surface area contributed by atoms with Crippen LogP contribution in [0.5, 0.6) is 0 Å². The van der Waals surface area contributed by atoms with Gasteiger partial charge in [0.2, 0.25) is 0 Å². The van der Waals surface area contributed by atoms with Crippen LogP contribution in [0.2, 0.25) is 0 Å². The molecule has 28 heavy (non-hydrogen) atoms. The summed E-state index contributed by atoms with van der Waals surface area (Å²) in [7, 11) is 1.81. The van der Waals surface area contributed by atoms with Crippen LogP contribution < -0.4 is 5.32 Å². The number of carbonyl (C=O) groups is 1. The molecule has 1 aliphatic rings. The van der Waals surface area contributed by atoms with Crippen LogP contribution in [0, 0.1) is 16.0 Å². The summed E-state index contributed by atoms with van der Waals surface area (Å²) in [5.74, 6) is 0.352. The Labute approximate surface area is 165 Å². The topological polar surface area (TPSA) is 78.7 Å². The summed E-state index contributed by atoms with van der Waals surface area (Å²) in [6.07, 6.45) is 0.915. The average molecular weight is 382 g/mol. The van der Waals surface area contributed by atoms with Crippen molar-refractivity contribution < 1.29 is 9.72 Å². The second-order valence-corrected chi connectivity index (χ2v) is 7.40. The zero-order chi connectivity index (χ0) is 20.1. The molecule has 0 saturated carbocycles. The van der Waals surface area contributed by atoms with Crippen LogP contribution in [0.15, 0.2) is 54.6 Å². The van der Waals surface area contributed by atoms with Gasteiger partial charge in [-0.1, -0.05) is 37.3 Å². The summed E-state index contributed by atoms with van der Waals surface area (Å²) >= 11 is 0. The number of non-ortho nitro benzene ring substituents is 1. The van der Waals surface area contributed by atoms with Crippen molar-refractivity contribution in [2.24, 2.45) is 5.92 Å². The van der Waals surface area contributed by atoms with E-state index in [1.807, 2.05) is 13.1 Å². The van der Waals surface area contributed by atoms with Crippen LogP contribution in [0.3, 0.4) is 0 Å². The van der Waals surface area contributed by atoms with E-state index in [0.717, 1.165) is 26.1 Å². The third-order valence-corrected chi connectivity index (χ3v) is 5.34. The predicted octanol–water partition coefficient (Wildman–Crippen LogP) is 3.97. The molecule has 1 heterocycles. The fourth-order valence-electron chi connectivity index (χ4n) is 3.81. The maximum atomic E-state index is 12.6. The highest BCUT2D eigenvalue weighted by molar-refractivity contribution is 5.89. The molecule has 2 aromatic rings. The van der Waals surface area contributed by atoms with Gasteiger partial charge in [-0.05, 0) is 30.0 Å². The molecule has 0 spiro atoms. The number of anilines is 1. The van der Waals surface area contributed by atoms with Crippen molar-refractivity contribution in [2.75, 3.05) is 25.5 Å². The Morgan fingerprint density at radius 1 is 1.21 bits per heavy atom. The summed E-state index contributed by atoms with van der Waals surface area (Å²) in [5, 5.41) is 13.6. The van der Waals surface area contributed by atoms with Gasteiger partial charge in [-0.15, -0.1) is 0 Å². The van der Waals surface area contributed by atoms with Crippen LogP contribution in [-0.2, 0) is 6.54 Å². The monoisotopic (exact) mass is 382 g/mol. The van der Waals surface area contributed by atoms with Crippen molar-refractivity contribution in [3.8, 4) is 0 Å². The number of hydrogen-bond donors (Lipinski definition) is 1. The molecule has 2 aromatic carbocycles. The van der Waals surface area contributed by atoms with Gasteiger partial charge in [0.25, 0.3) is 5.69 Å². The zero-order valence-corrected chi connectivity index (χ0v) is 16.2. The lowest BCUT2D eigenvalue weighted by atomic mass is 9.92. The Hall–Kier alpha value is -2.93. The van der Waals surface area contributed by atoms with Crippen molar-refractivity contribution in [1.82, 2.24) is 9.80 Å². The Morgan fingerprint density at radius 2 is 1.89 bits per heavy atom. The number of likely N-dealkylation sites (tertiary alicyclic amines) is 1. The van der Waals surface area contributed by atoms with Crippen molar-refractivity contribution in [1.29, 1.82) is 0 Å². The molecule has 148 valence electrons. The molecular weight excluding hydrogens is 356 g/mol. The van der Waals surface area contributed by atoms with E-state index in [2.05, 4.69) is 41.4 Å². The number of benzene rings is 2. The molecule has 0 bridgehead atoms. The maximum Gasteiger partial charge on any atom is 0.321 e. The number of nitrogens with one attached hydrogen (secondary N) is 1. The van der Waals surface area contributed by atoms with E-state index in [0.29, 0.717) is 11.6 Å². The predicted molar refractivity (Wildman–Crippen MR) is 109 cm³/mol. The molecule has 7 nitrogen and oxygen atoms in total. The quantitative estimate of drug-likeness (QED) is 0.627. The summed E-state index contributed by atoms with van der Waals surface area (Å²) in [6.45, 7) is 4.99. The summed E-state index contributed by atoms with van der Waals surface area (Å²) in [6, 6.07) is 16.3. The highest BCUT2D eigenvalue weighted by Crippen LogP contribution is 2.24. The van der Waals surface area contributed by atoms with E-state index in [9.17, 15) is 14.9 Å². The van der Waals surface area contributed by atoms with Crippen LogP contribution >= 0.6 is 0 Å². The standard InChI is InChI=1S/C21H26N4O3/c1-16-14-24(15-17-6-4-3-5-7-17)13-12-20(16)23(2)21(26)22-18-8-10-19(11-9-18)25(27)28/h3-11,16,20H,12-15H2,1-2H3,(H,22,26)/t16-,20-/m1/s1. The minimum Gasteiger partial charge on any atom is -0.324 e. The molecule has 3 rings (SSSR count). The van der Waals surface area contributed by atoms with Gasteiger partial charge in [0, 0.05) is 50.5 Å². The SMILES string of the molecule is C[C@@H]1CN(Cc2ccccc2)CC[C@H]1N(C)C(=O)Nc1ccc([N+](=O)[O-])cc1. The molecular formula is C21H26N4O3. The van der Waals surface area contributed by atoms with Gasteiger partial charge >= 0.3 is 6.03 Å². The molecule has 1 N–H and O–H groups in total. The number of rotatable bonds is 5. The summed E-state index contributed by atoms with van der Waals surface area (Å²) < 4.78 is 0. The Kier molecular flexibility index (Phi) is 6.26. The van der Waals surface area contributed by atoms with E-state index >= 15 is 0 Å². The highest BCUT2D eigenvalue weighted by atomic mass is 16.6. The number of nitrogens with zero attached hydrogens (tertiary/aromatic N) is 3. The summed E-state index contributed by atoms with van der Waals surface area (Å²) in [4.78, 5) is 27.1. The summed E-state index contributed by atoms with van der Waals surface area (Å²) in [5.41, 5.74) is 1.86. The van der Waals surface area contributed by atoms with E-state index in [4.69, 9.17) is 0 Å². The van der Waals surface area contributed by atoms with Crippen molar-refractivity contribution in [3.05, 3.63) is 70.3 Å². The molecule has 2 atom stereocenters. The Bertz CT molecular complexity index is 810. The van der Waals surface area contributed by atoms with Crippen molar-refractivity contribution in [3.63, 3.8) is 0 Å². The molecule has 0 unspecified atom stereocenters. The number of nitro benzene ring substituents is 1. The Morgan fingerprint density at radius 3 is 2.50 bits per heavy atom. The van der Waals surface area contributed by atoms with Crippen LogP contribution in [-0.4, -0.2) is 46.9 Å². The second kappa shape index (κ2) is 8.84. The zero-order valence-electron chi connectivity index (χ0n) is 16.2. The number of nitro groups is 1. The van der Waals surface area contributed by atoms with Crippen LogP contribution in [0.1, 0.15) is 18.9 Å². The van der Waals surface area contributed by atoms with E-state index in [1.54, 1.807) is 17.0 Å². The van der Waals surface area contributed by atoms with Crippen LogP contribution in [0.4, 0.5) is 16.2 Å². The first-order valence-electron chi connectivity index (χ1n) is 9.48. The lowest BCUT2D eigenvalue weighted by Crippen LogP contribution is -2.51. The lowest BCUT2D eigenvalue weighted by Gasteiger charge is -2.41. The number of hydrogen-bond acceptors (Lipinski definition) is 4. The van der Waals surface area contributed by atoms with E-state index in [1.165, 1.54) is 17.7 Å². The minimum atomic E-state index is -0.456. The van der Waals surface area contributed by atoms with Gasteiger partial charge < -0.3 is 10.2 Å². The fraction of sp³-hybridized carbons (Fsp3) is 0.381. The number of carbonyl (C=O) groups excluding carboxylic acids is 1. The van der Waals surface area contributed by atoms with Gasteiger partial charge in [0.15, 0.2) is 0 Å². The third-order valence-electron chi connectivity index (χ3n) is 5.34. The van der Waals surface area contributed by atoms with Crippen LogP contribution in [0.25, 0.3) is 0 Å². The van der Waals surface area contributed by atoms with Crippen molar-refractivity contribution >= 4 is 17.4 Å². The molecule has 7 heteroatoms. The first kappa shape index (κ1) is 19.8. The first-order chi connectivity index (χ1) is 13.4. The van der Waals surface area contributed by atoms with Gasteiger partial charge in [-0.2, -0.15) is 0 Å². The highest BCUT2D eigenvalue weighted by Gasteiger charge is 2.31. The Balaban J connectivity index is 1.54. The largest absolute Gasteiger partial charge is 0.324 e. The average Bonchev–Trinajstić information content (AvgIpc) is 2.69. The molecule has 0 radical (unpaired) electrons. The molecule has 1 aliphatic heterocycles. The lowest BCUT2D eigenvalue weighted by molar-refractivity contribution is -0.384. The van der Waals surface area contributed by atoms with E-state index in [-0.39, 0.29) is 17.8 Å². The molecule has 2 amide bonds. The van der Waals surface area contributed by atoms with Gasteiger partial charge in [0.1, 0.15) is 0 Å². The normalized spacial score (nSPS) is 19.8. The van der Waals surface area contributed by atoms with Crippen molar-refractivity contribution in [2.45, 2.75) is 25.9 Å². The number of piperidine rings is 1. The first-order valence-corrected chi connectivity index (χ1v) is 9.48. The molecule has 1 saturated heterocycles. The third kappa shape index (κ3) is 4.86. The number of urea groups is 1. The smallest absolute Gasteiger partial charge is 0.321 e. The number of amides is 2. The fourth-order valence-corrected chi connectivity index (χ4v) is 3.81. The molecule has 0 aromatic heterocycles. The maximum absolute atomic E-state index is 12.6. The second-order valence-electron chi connectivity index (χ2n) is 7.40. The van der Waals surface area contributed by atoms with Gasteiger partial charge in [0.05, 0.1) is 4.92 Å².